The van der Waals surface area contributed by atoms with Gasteiger partial charge in [0.25, 0.3) is 0 Å². The van der Waals surface area contributed by atoms with E-state index >= 15 is 0 Å². The molecule has 0 fully saturated rings. The van der Waals surface area contributed by atoms with Gasteiger partial charge >= 0.3 is 154 Å². The number of hydrogen-bond donors (Lipinski definition) is 0. The molecule has 0 radical (unpaired) electrons. The van der Waals surface area contributed by atoms with Crippen molar-refractivity contribution < 1.29 is 0 Å². The topological polar surface area (TPSA) is 17.3 Å². The van der Waals surface area contributed by atoms with E-state index in [1.165, 1.54) is 40.1 Å². The van der Waals surface area contributed by atoms with Gasteiger partial charge in [-0.15, -0.1) is 0 Å². The first-order valence-electron chi connectivity index (χ1n) is 9.31. The first-order chi connectivity index (χ1) is 12.0. The van der Waals surface area contributed by atoms with Crippen LogP contribution in [0.15, 0.2) is 48.8 Å². The normalized spacial score (nSPS) is 12.5. The quantitative estimate of drug-likeness (QED) is 0.303. The van der Waals surface area contributed by atoms with E-state index in [0.29, 0.717) is 0 Å². The minimum atomic E-state index is -2.26. The van der Waals surface area contributed by atoms with Crippen LogP contribution >= 0.6 is 0 Å². The fraction of sp³-hybridized carbons (Fsp3) is 0.318. The molecule has 0 atom stereocenters. The van der Waals surface area contributed by atoms with Crippen molar-refractivity contribution >= 4 is 49.3 Å². The molecule has 2 aromatic heterocycles. The molecule has 0 N–H and O–H groups in total. The van der Waals surface area contributed by atoms with Gasteiger partial charge in [-0.2, -0.15) is 0 Å². The van der Waals surface area contributed by atoms with E-state index in [1.54, 1.807) is 3.58 Å². The molecule has 4 aromatic rings. The maximum absolute atomic E-state index is 4.74. The van der Waals surface area contributed by atoms with Crippen molar-refractivity contribution in [3.8, 4) is 0 Å². The van der Waals surface area contributed by atoms with Crippen molar-refractivity contribution in [1.29, 1.82) is 0 Å². The molecule has 4 rings (SSSR count). The monoisotopic (exact) mass is 438 g/mol. The van der Waals surface area contributed by atoms with Gasteiger partial charge in [-0.05, 0) is 0 Å². The van der Waals surface area contributed by atoms with Crippen LogP contribution in [0, 0.1) is 0 Å². The summed E-state index contributed by atoms with van der Waals surface area (Å²) in [5, 5.41) is 4.12. The summed E-state index contributed by atoms with van der Waals surface area (Å²) in [7, 11) is 0. The maximum atomic E-state index is 4.74. The van der Waals surface area contributed by atoms with Crippen LogP contribution in [0.2, 0.25) is 14.8 Å². The second kappa shape index (κ2) is 6.31. The molecule has 0 unspecified atom stereocenters. The Morgan fingerprint density at radius 2 is 1.88 bits per heavy atom. The summed E-state index contributed by atoms with van der Waals surface area (Å²) in [5.41, 5.74) is 3.83. The van der Waals surface area contributed by atoms with Crippen molar-refractivity contribution in [2.45, 2.75) is 41.0 Å². The zero-order valence-electron chi connectivity index (χ0n) is 15.6. The molecule has 128 valence electrons. The average molecular weight is 437 g/mol. The van der Waals surface area contributed by atoms with Gasteiger partial charge in [0.2, 0.25) is 0 Å². The van der Waals surface area contributed by atoms with Gasteiger partial charge < -0.3 is 0 Å². The number of hydrogen-bond acceptors (Lipinski definition) is 1. The molecular formula is C22H26N2Sn. The molecule has 2 aromatic carbocycles. The van der Waals surface area contributed by atoms with E-state index in [9.17, 15) is 0 Å². The van der Waals surface area contributed by atoms with Gasteiger partial charge in [0.05, 0.1) is 0 Å². The fourth-order valence-electron chi connectivity index (χ4n) is 3.87. The predicted octanol–water partition coefficient (Wildman–Crippen LogP) is 5.53. The molecule has 2 heterocycles. The summed E-state index contributed by atoms with van der Waals surface area (Å²) in [5.74, 6) is 0. The second-order valence-corrected chi connectivity index (χ2v) is 22.4. The number of imidazole rings is 1. The van der Waals surface area contributed by atoms with Gasteiger partial charge in [-0.1, -0.05) is 0 Å². The minimum absolute atomic E-state index is 1.12. The van der Waals surface area contributed by atoms with E-state index in [2.05, 4.69) is 68.7 Å². The van der Waals surface area contributed by atoms with Crippen LogP contribution in [0.3, 0.4) is 0 Å². The Morgan fingerprint density at radius 1 is 1.04 bits per heavy atom. The van der Waals surface area contributed by atoms with E-state index in [4.69, 9.17) is 4.98 Å². The third kappa shape index (κ3) is 2.84. The van der Waals surface area contributed by atoms with Crippen LogP contribution in [-0.2, 0) is 6.42 Å². The molecule has 0 saturated carbocycles. The van der Waals surface area contributed by atoms with Gasteiger partial charge in [0, 0.05) is 0 Å². The number of aromatic nitrogens is 2. The summed E-state index contributed by atoms with van der Waals surface area (Å²) in [6.07, 6.45) is 7.70. The van der Waals surface area contributed by atoms with E-state index < -0.39 is 18.4 Å². The fourth-order valence-corrected chi connectivity index (χ4v) is 8.42. The van der Waals surface area contributed by atoms with Crippen molar-refractivity contribution in [2.75, 3.05) is 0 Å². The molecule has 0 aliphatic rings. The Hall–Kier alpha value is -1.55. The van der Waals surface area contributed by atoms with E-state index in [-0.39, 0.29) is 0 Å². The van der Waals surface area contributed by atoms with Gasteiger partial charge in [-0.3, -0.25) is 0 Å². The van der Waals surface area contributed by atoms with Gasteiger partial charge in [0.1, 0.15) is 0 Å². The Labute approximate surface area is 153 Å². The summed E-state index contributed by atoms with van der Waals surface area (Å²) in [4.78, 5) is 12.2. The number of aryl methyl sites for hydroxylation is 1. The standard InChI is InChI=1S/C19H17N2.3CH3.Sn/c1-2-3-6-14-9-10-18-17(13-14)15-7-4-5-8-16(15)19-20-11-12-21(18)19;;;;/h4-5,7,9-13H,2-3,6H2,1H3;3*1H3;. The van der Waals surface area contributed by atoms with Crippen molar-refractivity contribution in [3.05, 3.63) is 54.4 Å². The first-order valence-corrected chi connectivity index (χ1v) is 19.3. The number of pyridine rings is 1. The molecule has 2 nitrogen and oxygen atoms in total. The molecule has 0 bridgehead atoms. The van der Waals surface area contributed by atoms with E-state index in [0.717, 1.165) is 12.1 Å². The van der Waals surface area contributed by atoms with E-state index in [1.807, 2.05) is 6.20 Å². The number of nitrogens with zero attached hydrogens (tertiary/aromatic N) is 2. The van der Waals surface area contributed by atoms with Crippen LogP contribution < -0.4 is 3.58 Å². The second-order valence-electron chi connectivity index (χ2n) is 8.05. The van der Waals surface area contributed by atoms with Crippen molar-refractivity contribution in [2.24, 2.45) is 0 Å². The predicted molar refractivity (Wildman–Crippen MR) is 112 cm³/mol. The summed E-state index contributed by atoms with van der Waals surface area (Å²) >= 11 is -2.26. The molecule has 3 heteroatoms. The first kappa shape index (κ1) is 16.9. The van der Waals surface area contributed by atoms with Crippen LogP contribution in [-0.4, -0.2) is 27.8 Å². The number of benzene rings is 2. The Kier molecular flexibility index (Phi) is 4.27. The summed E-state index contributed by atoms with van der Waals surface area (Å²) < 4.78 is 3.85. The van der Waals surface area contributed by atoms with Crippen LogP contribution in [0.4, 0.5) is 0 Å². The molecule has 0 aliphatic carbocycles. The van der Waals surface area contributed by atoms with Crippen LogP contribution in [0.5, 0.6) is 0 Å². The SMILES string of the molecule is CCCCc1ccc2c(c1)c1ccc[c]([Sn]([CH3])([CH3])[CH3])c1c1nccn21. The summed E-state index contributed by atoms with van der Waals surface area (Å²) in [6.45, 7) is 2.26. The molecule has 0 aliphatic heterocycles. The van der Waals surface area contributed by atoms with Crippen LogP contribution in [0.25, 0.3) is 27.3 Å². The zero-order chi connectivity index (χ0) is 17.6. The van der Waals surface area contributed by atoms with Gasteiger partial charge in [0.15, 0.2) is 0 Å². The average Bonchev–Trinajstić information content (AvgIpc) is 3.08. The molecular weight excluding hydrogens is 411 g/mol. The Balaban J connectivity index is 2.15. The third-order valence-corrected chi connectivity index (χ3v) is 11.0. The third-order valence-electron chi connectivity index (χ3n) is 5.17. The molecule has 0 saturated heterocycles. The van der Waals surface area contributed by atoms with Gasteiger partial charge in [-0.25, -0.2) is 0 Å². The summed E-state index contributed by atoms with van der Waals surface area (Å²) in [6, 6.07) is 13.9. The number of rotatable bonds is 4. The molecule has 0 amide bonds. The number of unbranched alkanes of at least 4 members (excludes halogenated alkanes) is 1. The van der Waals surface area contributed by atoms with Crippen molar-refractivity contribution in [1.82, 2.24) is 9.38 Å². The zero-order valence-corrected chi connectivity index (χ0v) is 18.5. The van der Waals surface area contributed by atoms with Crippen LogP contribution in [0.1, 0.15) is 25.3 Å². The number of fused-ring (bicyclic) bond motifs is 6. The molecule has 25 heavy (non-hydrogen) atoms. The molecule has 0 spiro atoms. The van der Waals surface area contributed by atoms with Crippen molar-refractivity contribution in [3.63, 3.8) is 0 Å². The Bertz CT molecular complexity index is 1070. The Morgan fingerprint density at radius 3 is 2.64 bits per heavy atom.